The molecule has 1 aromatic carbocycles. The molecule has 1 aromatic heterocycles. The summed E-state index contributed by atoms with van der Waals surface area (Å²) in [5.41, 5.74) is 1.45. The molecule has 1 N–H and O–H groups in total. The Bertz CT molecular complexity index is 626. The predicted octanol–water partition coefficient (Wildman–Crippen LogP) is 3.17. The van der Waals surface area contributed by atoms with E-state index in [9.17, 15) is 14.0 Å². The monoisotopic (exact) mass is 310 g/mol. The molecule has 0 radical (unpaired) electrons. The Balaban J connectivity index is 2.00. The third-order valence-electron chi connectivity index (χ3n) is 2.30. The molecular weight excluding hydrogens is 299 g/mol. The van der Waals surface area contributed by atoms with Crippen LogP contribution in [0.15, 0.2) is 29.6 Å². The second-order valence-corrected chi connectivity index (χ2v) is 5.88. The third-order valence-corrected chi connectivity index (χ3v) is 3.87. The number of thioether (sulfide) groups is 1. The zero-order valence-electron chi connectivity index (χ0n) is 10.6. The van der Waals surface area contributed by atoms with Gasteiger partial charge in [-0.2, -0.15) is 0 Å². The maximum atomic E-state index is 12.8. The lowest BCUT2D eigenvalue weighted by molar-refractivity contribution is -0.114. The smallest absolute Gasteiger partial charge is 0.236 e. The number of benzene rings is 1. The molecule has 0 aliphatic carbocycles. The molecule has 0 unspecified atom stereocenters. The van der Waals surface area contributed by atoms with Gasteiger partial charge in [0.2, 0.25) is 5.91 Å². The van der Waals surface area contributed by atoms with Crippen LogP contribution in [0.4, 0.5) is 9.52 Å². The van der Waals surface area contributed by atoms with Crippen molar-refractivity contribution in [1.82, 2.24) is 4.98 Å². The van der Waals surface area contributed by atoms with Gasteiger partial charge in [-0.25, -0.2) is 9.37 Å². The average Bonchev–Trinajstić information content (AvgIpc) is 2.85. The maximum Gasteiger partial charge on any atom is 0.236 e. The number of rotatable bonds is 4. The SMILES string of the molecule is CC(=O)SCC(=O)Nc1nc(-c2ccc(F)cc2)cs1. The maximum absolute atomic E-state index is 12.8. The van der Waals surface area contributed by atoms with E-state index in [1.807, 2.05) is 0 Å². The highest BCUT2D eigenvalue weighted by Crippen LogP contribution is 2.25. The van der Waals surface area contributed by atoms with Crippen molar-refractivity contribution in [2.24, 2.45) is 0 Å². The van der Waals surface area contributed by atoms with Gasteiger partial charge in [0.15, 0.2) is 10.2 Å². The van der Waals surface area contributed by atoms with E-state index in [4.69, 9.17) is 0 Å². The first-order chi connectivity index (χ1) is 9.54. The summed E-state index contributed by atoms with van der Waals surface area (Å²) in [6, 6.07) is 5.97. The fraction of sp³-hybridized carbons (Fsp3) is 0.154. The van der Waals surface area contributed by atoms with Gasteiger partial charge < -0.3 is 5.32 Å². The van der Waals surface area contributed by atoms with Crippen LogP contribution in [0, 0.1) is 5.82 Å². The quantitative estimate of drug-likeness (QED) is 0.942. The summed E-state index contributed by atoms with van der Waals surface area (Å²) in [5.74, 6) is -0.509. The Kier molecular flexibility index (Phi) is 4.86. The van der Waals surface area contributed by atoms with Gasteiger partial charge in [-0.3, -0.25) is 9.59 Å². The number of nitrogens with zero attached hydrogens (tertiary/aromatic N) is 1. The molecule has 4 nitrogen and oxygen atoms in total. The Hall–Kier alpha value is -1.73. The van der Waals surface area contributed by atoms with Gasteiger partial charge in [0.05, 0.1) is 11.4 Å². The second kappa shape index (κ2) is 6.62. The molecule has 0 saturated heterocycles. The standard InChI is InChI=1S/C13H11FN2O2S2/c1-8(17)19-7-12(18)16-13-15-11(6-20-13)9-2-4-10(14)5-3-9/h2-6H,7H2,1H3,(H,15,16,18). The minimum atomic E-state index is -0.307. The van der Waals surface area contributed by atoms with Crippen LogP contribution in [0.5, 0.6) is 0 Å². The first-order valence-corrected chi connectivity index (χ1v) is 7.56. The number of anilines is 1. The summed E-state index contributed by atoms with van der Waals surface area (Å²) < 4.78 is 12.8. The van der Waals surface area contributed by atoms with Crippen molar-refractivity contribution in [1.29, 1.82) is 0 Å². The highest BCUT2D eigenvalue weighted by Gasteiger charge is 2.09. The summed E-state index contributed by atoms with van der Waals surface area (Å²) in [4.78, 5) is 26.5. The largest absolute Gasteiger partial charge is 0.301 e. The lowest BCUT2D eigenvalue weighted by Gasteiger charge is -1.99. The van der Waals surface area contributed by atoms with Crippen LogP contribution in [0.2, 0.25) is 0 Å². The molecule has 20 heavy (non-hydrogen) atoms. The fourth-order valence-electron chi connectivity index (χ4n) is 1.41. The van der Waals surface area contributed by atoms with Crippen molar-refractivity contribution in [3.63, 3.8) is 0 Å². The molecule has 1 heterocycles. The van der Waals surface area contributed by atoms with Crippen LogP contribution in [0.1, 0.15) is 6.92 Å². The summed E-state index contributed by atoms with van der Waals surface area (Å²) in [5, 5.41) is 4.75. The minimum absolute atomic E-state index is 0.0702. The molecule has 7 heteroatoms. The van der Waals surface area contributed by atoms with Crippen molar-refractivity contribution in [3.05, 3.63) is 35.5 Å². The van der Waals surface area contributed by atoms with E-state index in [0.717, 1.165) is 17.3 Å². The predicted molar refractivity (Wildman–Crippen MR) is 79.3 cm³/mol. The topological polar surface area (TPSA) is 59.1 Å². The number of aromatic nitrogens is 1. The molecule has 0 saturated carbocycles. The molecular formula is C13H11FN2O2S2. The van der Waals surface area contributed by atoms with Gasteiger partial charge in [0, 0.05) is 17.9 Å². The first kappa shape index (κ1) is 14.7. The molecule has 0 aliphatic heterocycles. The summed E-state index contributed by atoms with van der Waals surface area (Å²) in [7, 11) is 0. The Morgan fingerprint density at radius 3 is 2.70 bits per heavy atom. The zero-order chi connectivity index (χ0) is 14.5. The third kappa shape index (κ3) is 4.14. The number of nitrogens with one attached hydrogen (secondary N) is 1. The van der Waals surface area contributed by atoms with Gasteiger partial charge in [-0.1, -0.05) is 11.8 Å². The van der Waals surface area contributed by atoms with E-state index in [2.05, 4.69) is 10.3 Å². The van der Waals surface area contributed by atoms with Crippen LogP contribution >= 0.6 is 23.1 Å². The molecule has 104 valence electrons. The molecule has 0 atom stereocenters. The molecule has 2 aromatic rings. The average molecular weight is 310 g/mol. The molecule has 1 amide bonds. The van der Waals surface area contributed by atoms with Crippen LogP contribution in [-0.2, 0) is 9.59 Å². The lowest BCUT2D eigenvalue weighted by atomic mass is 10.2. The second-order valence-electron chi connectivity index (χ2n) is 3.87. The van der Waals surface area contributed by atoms with Gasteiger partial charge in [-0.05, 0) is 24.3 Å². The van der Waals surface area contributed by atoms with Crippen LogP contribution in [0.25, 0.3) is 11.3 Å². The Labute approximate surface area is 123 Å². The van der Waals surface area contributed by atoms with E-state index >= 15 is 0 Å². The van der Waals surface area contributed by atoms with Crippen molar-refractivity contribution in [2.45, 2.75) is 6.92 Å². The van der Waals surface area contributed by atoms with Crippen molar-refractivity contribution >= 4 is 39.3 Å². The molecule has 0 spiro atoms. The van der Waals surface area contributed by atoms with E-state index in [1.165, 1.54) is 30.4 Å². The van der Waals surface area contributed by atoms with E-state index in [-0.39, 0.29) is 22.6 Å². The molecule has 2 rings (SSSR count). The Morgan fingerprint density at radius 1 is 1.35 bits per heavy atom. The van der Waals surface area contributed by atoms with Gasteiger partial charge in [0.1, 0.15) is 5.82 Å². The number of carbonyl (C=O) groups is 2. The number of carbonyl (C=O) groups excluding carboxylic acids is 2. The van der Waals surface area contributed by atoms with Crippen LogP contribution in [0.3, 0.4) is 0 Å². The van der Waals surface area contributed by atoms with Gasteiger partial charge in [0.25, 0.3) is 0 Å². The molecule has 0 bridgehead atoms. The first-order valence-electron chi connectivity index (χ1n) is 5.69. The van der Waals surface area contributed by atoms with E-state index < -0.39 is 0 Å². The normalized spacial score (nSPS) is 10.3. The zero-order valence-corrected chi connectivity index (χ0v) is 12.2. The summed E-state index contributed by atoms with van der Waals surface area (Å²) in [6.45, 7) is 1.41. The number of hydrogen-bond donors (Lipinski definition) is 1. The van der Waals surface area contributed by atoms with Crippen molar-refractivity contribution in [2.75, 3.05) is 11.1 Å². The number of amides is 1. The van der Waals surface area contributed by atoms with Gasteiger partial charge in [-0.15, -0.1) is 11.3 Å². The molecule has 0 fully saturated rings. The summed E-state index contributed by atoms with van der Waals surface area (Å²) in [6.07, 6.45) is 0. The number of hydrogen-bond acceptors (Lipinski definition) is 5. The van der Waals surface area contributed by atoms with Gasteiger partial charge >= 0.3 is 0 Å². The minimum Gasteiger partial charge on any atom is -0.301 e. The number of thiazole rings is 1. The highest BCUT2D eigenvalue weighted by molar-refractivity contribution is 8.14. The Morgan fingerprint density at radius 2 is 2.05 bits per heavy atom. The lowest BCUT2D eigenvalue weighted by Crippen LogP contribution is -2.14. The number of halogens is 1. The fourth-order valence-corrected chi connectivity index (χ4v) is 2.55. The van der Waals surface area contributed by atoms with E-state index in [0.29, 0.717) is 10.8 Å². The van der Waals surface area contributed by atoms with Crippen LogP contribution in [-0.4, -0.2) is 21.8 Å². The molecule has 0 aliphatic rings. The van der Waals surface area contributed by atoms with E-state index in [1.54, 1.807) is 17.5 Å². The van der Waals surface area contributed by atoms with Crippen LogP contribution < -0.4 is 5.32 Å². The van der Waals surface area contributed by atoms with Crippen molar-refractivity contribution < 1.29 is 14.0 Å². The van der Waals surface area contributed by atoms with Crippen molar-refractivity contribution in [3.8, 4) is 11.3 Å². The highest BCUT2D eigenvalue weighted by atomic mass is 32.2. The summed E-state index contributed by atoms with van der Waals surface area (Å²) >= 11 is 2.23.